The normalized spacial score (nSPS) is 16.8. The molecular weight excluding hydrogens is 220 g/mol. The van der Waals surface area contributed by atoms with E-state index in [-0.39, 0.29) is 0 Å². The van der Waals surface area contributed by atoms with Crippen molar-refractivity contribution in [3.05, 3.63) is 35.9 Å². The van der Waals surface area contributed by atoms with Gasteiger partial charge in [-0.25, -0.2) is 0 Å². The molecule has 0 saturated carbocycles. The molecule has 98 valence electrons. The van der Waals surface area contributed by atoms with Crippen molar-refractivity contribution in [2.24, 2.45) is 5.92 Å². The van der Waals surface area contributed by atoms with E-state index in [1.807, 2.05) is 0 Å². The van der Waals surface area contributed by atoms with Gasteiger partial charge in [0.15, 0.2) is 0 Å². The number of rotatable bonds is 4. The third-order valence-corrected chi connectivity index (χ3v) is 3.36. The van der Waals surface area contributed by atoms with Gasteiger partial charge in [0.2, 0.25) is 0 Å². The molecule has 1 heterocycles. The van der Waals surface area contributed by atoms with Gasteiger partial charge in [0.25, 0.3) is 0 Å². The van der Waals surface area contributed by atoms with E-state index in [0.29, 0.717) is 5.92 Å². The average molecular weight is 244 g/mol. The van der Waals surface area contributed by atoms with Gasteiger partial charge in [-0.2, -0.15) is 0 Å². The van der Waals surface area contributed by atoms with Crippen LogP contribution in [0.3, 0.4) is 0 Å². The van der Waals surface area contributed by atoms with Crippen molar-refractivity contribution in [2.75, 3.05) is 32.0 Å². The summed E-state index contributed by atoms with van der Waals surface area (Å²) >= 11 is 0. The Balaban J connectivity index is 2.07. The Bertz CT molecular complexity index is 421. The number of hydrogen-bond acceptors (Lipinski definition) is 2. The highest BCUT2D eigenvalue weighted by Crippen LogP contribution is 2.24. The Kier molecular flexibility index (Phi) is 4.43. The molecule has 0 radical (unpaired) electrons. The number of anilines is 1. The maximum absolute atomic E-state index is 3.49. The zero-order valence-electron chi connectivity index (χ0n) is 11.7. The van der Waals surface area contributed by atoms with E-state index in [0.717, 1.165) is 26.1 Å². The molecule has 1 N–H and O–H groups in total. The molecule has 0 saturated heterocycles. The molecule has 1 aliphatic rings. The van der Waals surface area contributed by atoms with E-state index in [1.165, 1.54) is 16.8 Å². The highest BCUT2D eigenvalue weighted by molar-refractivity contribution is 5.69. The van der Waals surface area contributed by atoms with Crippen molar-refractivity contribution in [3.8, 4) is 0 Å². The van der Waals surface area contributed by atoms with Crippen molar-refractivity contribution in [1.29, 1.82) is 0 Å². The summed E-state index contributed by atoms with van der Waals surface area (Å²) in [4.78, 5) is 2.35. The first-order valence-electron chi connectivity index (χ1n) is 6.87. The van der Waals surface area contributed by atoms with Crippen LogP contribution in [0.15, 0.2) is 30.3 Å². The quantitative estimate of drug-likeness (QED) is 0.872. The number of hydrogen-bond donors (Lipinski definition) is 1. The molecule has 0 fully saturated rings. The molecule has 0 atom stereocenters. The third kappa shape index (κ3) is 3.61. The minimum atomic E-state index is 0.677. The fourth-order valence-corrected chi connectivity index (χ4v) is 2.18. The molecule has 0 amide bonds. The van der Waals surface area contributed by atoms with Crippen LogP contribution in [0.4, 0.5) is 5.69 Å². The van der Waals surface area contributed by atoms with Gasteiger partial charge in [0.05, 0.1) is 0 Å². The SMILES string of the molecule is CC(C)CNc1cccc(C2=CCN(C)CC2)c1. The molecule has 0 bridgehead atoms. The fourth-order valence-electron chi connectivity index (χ4n) is 2.18. The lowest BCUT2D eigenvalue weighted by Crippen LogP contribution is -2.23. The number of nitrogens with zero attached hydrogens (tertiary/aromatic N) is 1. The molecule has 0 aliphatic carbocycles. The molecule has 2 heteroatoms. The zero-order valence-corrected chi connectivity index (χ0v) is 11.7. The van der Waals surface area contributed by atoms with Crippen LogP contribution < -0.4 is 5.32 Å². The van der Waals surface area contributed by atoms with E-state index in [2.05, 4.69) is 61.5 Å². The van der Waals surface area contributed by atoms with Gasteiger partial charge < -0.3 is 10.2 Å². The van der Waals surface area contributed by atoms with E-state index < -0.39 is 0 Å². The molecule has 2 rings (SSSR count). The molecule has 2 nitrogen and oxygen atoms in total. The van der Waals surface area contributed by atoms with Crippen molar-refractivity contribution in [3.63, 3.8) is 0 Å². The van der Waals surface area contributed by atoms with Gasteiger partial charge in [0, 0.05) is 25.3 Å². The van der Waals surface area contributed by atoms with Crippen LogP contribution in [0.5, 0.6) is 0 Å². The summed E-state index contributed by atoms with van der Waals surface area (Å²) < 4.78 is 0. The summed E-state index contributed by atoms with van der Waals surface area (Å²) in [7, 11) is 2.17. The van der Waals surface area contributed by atoms with Crippen molar-refractivity contribution >= 4 is 11.3 Å². The number of benzene rings is 1. The molecule has 0 aromatic heterocycles. The van der Waals surface area contributed by atoms with Gasteiger partial charge in [-0.05, 0) is 42.7 Å². The Labute approximate surface area is 111 Å². The van der Waals surface area contributed by atoms with Gasteiger partial charge in [-0.3, -0.25) is 0 Å². The second kappa shape index (κ2) is 6.05. The maximum atomic E-state index is 3.49. The summed E-state index contributed by atoms with van der Waals surface area (Å²) in [6.45, 7) is 7.73. The van der Waals surface area contributed by atoms with Gasteiger partial charge in [-0.15, -0.1) is 0 Å². The van der Waals surface area contributed by atoms with Gasteiger partial charge in [0.1, 0.15) is 0 Å². The monoisotopic (exact) mass is 244 g/mol. The lowest BCUT2D eigenvalue weighted by Gasteiger charge is -2.22. The lowest BCUT2D eigenvalue weighted by molar-refractivity contribution is 0.370. The lowest BCUT2D eigenvalue weighted by atomic mass is 9.99. The van der Waals surface area contributed by atoms with Crippen LogP contribution in [0.2, 0.25) is 0 Å². The average Bonchev–Trinajstić information content (AvgIpc) is 2.37. The van der Waals surface area contributed by atoms with E-state index >= 15 is 0 Å². The molecule has 1 aromatic carbocycles. The maximum Gasteiger partial charge on any atom is 0.0346 e. The summed E-state index contributed by atoms with van der Waals surface area (Å²) in [5.74, 6) is 0.677. The minimum Gasteiger partial charge on any atom is -0.385 e. The van der Waals surface area contributed by atoms with Crippen LogP contribution in [0.1, 0.15) is 25.8 Å². The van der Waals surface area contributed by atoms with E-state index in [9.17, 15) is 0 Å². The van der Waals surface area contributed by atoms with Crippen molar-refractivity contribution < 1.29 is 0 Å². The molecular formula is C16H24N2. The molecule has 0 unspecified atom stereocenters. The van der Waals surface area contributed by atoms with Crippen LogP contribution in [-0.4, -0.2) is 31.6 Å². The number of nitrogens with one attached hydrogen (secondary N) is 1. The summed E-state index contributed by atoms with van der Waals surface area (Å²) in [6, 6.07) is 8.80. The largest absolute Gasteiger partial charge is 0.385 e. The van der Waals surface area contributed by atoms with Crippen LogP contribution in [-0.2, 0) is 0 Å². The van der Waals surface area contributed by atoms with E-state index in [1.54, 1.807) is 0 Å². The summed E-state index contributed by atoms with van der Waals surface area (Å²) in [5, 5.41) is 3.49. The van der Waals surface area contributed by atoms with Crippen molar-refractivity contribution in [2.45, 2.75) is 20.3 Å². The van der Waals surface area contributed by atoms with Crippen molar-refractivity contribution in [1.82, 2.24) is 4.90 Å². The molecule has 1 aromatic rings. The predicted octanol–water partition coefficient (Wildman–Crippen LogP) is 3.47. The first kappa shape index (κ1) is 13.2. The van der Waals surface area contributed by atoms with Gasteiger partial charge >= 0.3 is 0 Å². The van der Waals surface area contributed by atoms with Crippen LogP contribution in [0.25, 0.3) is 5.57 Å². The summed E-state index contributed by atoms with van der Waals surface area (Å²) in [5.41, 5.74) is 4.10. The second-order valence-corrected chi connectivity index (χ2v) is 5.60. The Hall–Kier alpha value is -1.28. The fraction of sp³-hybridized carbons (Fsp3) is 0.500. The zero-order chi connectivity index (χ0) is 13.0. The van der Waals surface area contributed by atoms with Crippen LogP contribution >= 0.6 is 0 Å². The second-order valence-electron chi connectivity index (χ2n) is 5.60. The Morgan fingerprint density at radius 3 is 2.83 bits per heavy atom. The Morgan fingerprint density at radius 2 is 2.17 bits per heavy atom. The molecule has 1 aliphatic heterocycles. The molecule has 0 spiro atoms. The smallest absolute Gasteiger partial charge is 0.0346 e. The molecule has 18 heavy (non-hydrogen) atoms. The highest BCUT2D eigenvalue weighted by atomic mass is 15.1. The summed E-state index contributed by atoms with van der Waals surface area (Å²) in [6.07, 6.45) is 3.51. The van der Waals surface area contributed by atoms with E-state index in [4.69, 9.17) is 0 Å². The topological polar surface area (TPSA) is 15.3 Å². The van der Waals surface area contributed by atoms with Crippen LogP contribution in [0, 0.1) is 5.92 Å². The minimum absolute atomic E-state index is 0.677. The highest BCUT2D eigenvalue weighted by Gasteiger charge is 2.09. The first-order chi connectivity index (χ1) is 8.65. The standard InChI is InChI=1S/C16H24N2/c1-13(2)12-17-16-6-4-5-15(11-16)14-7-9-18(3)10-8-14/h4-7,11,13,17H,8-10,12H2,1-3H3. The number of likely N-dealkylation sites (N-methyl/N-ethyl adjacent to an activating group) is 1. The Morgan fingerprint density at radius 1 is 1.33 bits per heavy atom. The first-order valence-corrected chi connectivity index (χ1v) is 6.87. The van der Waals surface area contributed by atoms with Gasteiger partial charge in [-0.1, -0.05) is 32.1 Å². The third-order valence-electron chi connectivity index (χ3n) is 3.36. The predicted molar refractivity (Wildman–Crippen MR) is 79.9 cm³/mol.